The Morgan fingerprint density at radius 3 is 2.39 bits per heavy atom. The second-order valence-electron chi connectivity index (χ2n) is 6.98. The molecule has 0 aliphatic carbocycles. The average Bonchev–Trinajstić information content (AvgIpc) is 3.23. The third-order valence-corrected chi connectivity index (χ3v) is 4.30. The fourth-order valence-corrected chi connectivity index (χ4v) is 2.68. The summed E-state index contributed by atoms with van der Waals surface area (Å²) in [6.45, 7) is 3.38. The first-order valence-electron chi connectivity index (χ1n) is 9.43. The van der Waals surface area contributed by atoms with Crippen LogP contribution in [0.3, 0.4) is 0 Å². The van der Waals surface area contributed by atoms with E-state index in [-0.39, 0.29) is 11.7 Å². The number of urea groups is 1. The van der Waals surface area contributed by atoms with Crippen LogP contribution in [0.4, 0.5) is 16.3 Å². The van der Waals surface area contributed by atoms with Crippen molar-refractivity contribution in [1.29, 1.82) is 0 Å². The summed E-state index contributed by atoms with van der Waals surface area (Å²) in [7, 11) is 0. The van der Waals surface area contributed by atoms with Gasteiger partial charge in [-0.15, -0.1) is 0 Å². The number of hydrogen-bond acceptors (Lipinski definition) is 6. The molecule has 0 aliphatic rings. The number of carboxylic acids is 1. The highest BCUT2D eigenvalue weighted by Gasteiger charge is 2.25. The van der Waals surface area contributed by atoms with Gasteiger partial charge in [0.2, 0.25) is 5.76 Å². The Kier molecular flexibility index (Phi) is 6.61. The van der Waals surface area contributed by atoms with Crippen molar-refractivity contribution in [3.05, 3.63) is 60.5 Å². The second-order valence-corrected chi connectivity index (χ2v) is 6.98. The minimum Gasteiger partial charge on any atom is -0.480 e. The largest absolute Gasteiger partial charge is 0.480 e. The number of carbonyl (C=O) groups excluding carboxylic acids is 2. The Bertz CT molecular complexity index is 1060. The normalized spacial score (nSPS) is 11.6. The number of pyridine rings is 1. The van der Waals surface area contributed by atoms with E-state index in [1.807, 2.05) is 0 Å². The summed E-state index contributed by atoms with van der Waals surface area (Å²) < 4.78 is 5.06. The van der Waals surface area contributed by atoms with Gasteiger partial charge >= 0.3 is 12.0 Å². The summed E-state index contributed by atoms with van der Waals surface area (Å²) in [4.78, 5) is 39.5. The van der Waals surface area contributed by atoms with Crippen LogP contribution in [0.5, 0.6) is 0 Å². The minimum atomic E-state index is -1.13. The Labute approximate surface area is 177 Å². The third-order valence-electron chi connectivity index (χ3n) is 4.30. The highest BCUT2D eigenvalue weighted by molar-refractivity contribution is 5.99. The van der Waals surface area contributed by atoms with Gasteiger partial charge in [-0.3, -0.25) is 10.1 Å². The summed E-state index contributed by atoms with van der Waals surface area (Å²) in [6, 6.07) is 11.8. The van der Waals surface area contributed by atoms with Crippen molar-refractivity contribution in [2.45, 2.75) is 19.9 Å². The summed E-state index contributed by atoms with van der Waals surface area (Å²) in [5.41, 5.74) is 1.59. The monoisotopic (exact) mass is 423 g/mol. The summed E-state index contributed by atoms with van der Waals surface area (Å²) in [5, 5.41) is 20.8. The fourth-order valence-electron chi connectivity index (χ4n) is 2.68. The van der Waals surface area contributed by atoms with Crippen molar-refractivity contribution >= 4 is 29.4 Å². The second kappa shape index (κ2) is 9.53. The summed E-state index contributed by atoms with van der Waals surface area (Å²) in [5.74, 6) is -1.76. The number of nitrogens with one attached hydrogen (secondary N) is 3. The van der Waals surface area contributed by atoms with E-state index >= 15 is 0 Å². The first-order valence-corrected chi connectivity index (χ1v) is 9.43. The standard InChI is InChI=1S/C21H21N5O5/c1-12(2)18(20(28)29)25-19(27)16-11-15(26-31-16)13-6-8-14(9-7-13)23-21(30)24-17-5-3-4-10-22-17/h3-12,18H,1-2H3,(H,25,27)(H,28,29)(H2,22,23,24,30). The quantitative estimate of drug-likeness (QED) is 0.456. The highest BCUT2D eigenvalue weighted by atomic mass is 16.5. The molecule has 1 aromatic carbocycles. The molecular weight excluding hydrogens is 402 g/mol. The van der Waals surface area contributed by atoms with Crippen molar-refractivity contribution in [3.8, 4) is 11.3 Å². The molecule has 0 spiro atoms. The minimum absolute atomic E-state index is 0.0983. The van der Waals surface area contributed by atoms with Gasteiger partial charge in [0.25, 0.3) is 5.91 Å². The van der Waals surface area contributed by atoms with Gasteiger partial charge < -0.3 is 20.3 Å². The molecule has 0 saturated heterocycles. The number of rotatable bonds is 7. The molecule has 0 saturated carbocycles. The zero-order valence-electron chi connectivity index (χ0n) is 16.8. The maximum Gasteiger partial charge on any atom is 0.326 e. The van der Waals surface area contributed by atoms with E-state index in [1.54, 1.807) is 62.5 Å². The van der Waals surface area contributed by atoms with Crippen LogP contribution in [0.15, 0.2) is 59.3 Å². The first-order chi connectivity index (χ1) is 14.8. The van der Waals surface area contributed by atoms with Crippen molar-refractivity contribution in [3.63, 3.8) is 0 Å². The molecule has 3 aromatic rings. The molecule has 2 heterocycles. The van der Waals surface area contributed by atoms with Crippen LogP contribution >= 0.6 is 0 Å². The Morgan fingerprint density at radius 1 is 1.03 bits per heavy atom. The van der Waals surface area contributed by atoms with Crippen LogP contribution in [0.25, 0.3) is 11.3 Å². The smallest absolute Gasteiger partial charge is 0.326 e. The van der Waals surface area contributed by atoms with Gasteiger partial charge in [-0.25, -0.2) is 14.6 Å². The van der Waals surface area contributed by atoms with E-state index in [0.29, 0.717) is 22.8 Å². The molecule has 2 aromatic heterocycles. The summed E-state index contributed by atoms with van der Waals surface area (Å²) >= 11 is 0. The van der Waals surface area contributed by atoms with Gasteiger partial charge in [-0.05, 0) is 30.2 Å². The number of benzene rings is 1. The van der Waals surface area contributed by atoms with Crippen molar-refractivity contribution < 1.29 is 24.0 Å². The van der Waals surface area contributed by atoms with Crippen LogP contribution in [0, 0.1) is 5.92 Å². The van der Waals surface area contributed by atoms with Crippen LogP contribution in [0.1, 0.15) is 24.4 Å². The molecule has 0 bridgehead atoms. The lowest BCUT2D eigenvalue weighted by molar-refractivity contribution is -0.140. The SMILES string of the molecule is CC(C)C(NC(=O)c1cc(-c2ccc(NC(=O)Nc3ccccn3)cc2)no1)C(=O)O. The number of hydrogen-bond donors (Lipinski definition) is 4. The number of aromatic nitrogens is 2. The van der Waals surface area contributed by atoms with Crippen LogP contribution < -0.4 is 16.0 Å². The fraction of sp³-hybridized carbons (Fsp3) is 0.190. The van der Waals surface area contributed by atoms with Crippen molar-refractivity contribution in [1.82, 2.24) is 15.5 Å². The van der Waals surface area contributed by atoms with Gasteiger partial charge in [-0.2, -0.15) is 0 Å². The molecule has 160 valence electrons. The Hall–Kier alpha value is -4.21. The molecule has 31 heavy (non-hydrogen) atoms. The molecule has 1 atom stereocenters. The Balaban J connectivity index is 1.62. The third kappa shape index (κ3) is 5.66. The van der Waals surface area contributed by atoms with Gasteiger partial charge in [-0.1, -0.05) is 37.2 Å². The van der Waals surface area contributed by atoms with E-state index in [1.165, 1.54) is 6.07 Å². The number of nitrogens with zero attached hydrogens (tertiary/aromatic N) is 2. The predicted octanol–water partition coefficient (Wildman–Crippen LogP) is 3.22. The average molecular weight is 423 g/mol. The maximum atomic E-state index is 12.3. The molecule has 0 fully saturated rings. The molecule has 4 N–H and O–H groups in total. The van der Waals surface area contributed by atoms with E-state index in [0.717, 1.165) is 0 Å². The van der Waals surface area contributed by atoms with E-state index in [2.05, 4.69) is 26.1 Å². The molecule has 3 amide bonds. The molecular formula is C21H21N5O5. The van der Waals surface area contributed by atoms with Crippen LogP contribution in [-0.4, -0.2) is 39.2 Å². The lowest BCUT2D eigenvalue weighted by atomic mass is 10.0. The van der Waals surface area contributed by atoms with Crippen LogP contribution in [-0.2, 0) is 4.79 Å². The Morgan fingerprint density at radius 2 is 1.77 bits per heavy atom. The summed E-state index contributed by atoms with van der Waals surface area (Å²) in [6.07, 6.45) is 1.57. The van der Waals surface area contributed by atoms with Gasteiger partial charge in [0.05, 0.1) is 0 Å². The van der Waals surface area contributed by atoms with Crippen molar-refractivity contribution in [2.24, 2.45) is 5.92 Å². The highest BCUT2D eigenvalue weighted by Crippen LogP contribution is 2.21. The number of aliphatic carboxylic acids is 1. The van der Waals surface area contributed by atoms with Crippen molar-refractivity contribution in [2.75, 3.05) is 10.6 Å². The zero-order chi connectivity index (χ0) is 22.4. The molecule has 10 heteroatoms. The first kappa shape index (κ1) is 21.5. The lowest BCUT2D eigenvalue weighted by Gasteiger charge is -2.16. The van der Waals surface area contributed by atoms with Gasteiger partial charge in [0, 0.05) is 23.5 Å². The number of carboxylic acid groups (broad SMARTS) is 1. The molecule has 3 rings (SSSR count). The molecule has 0 aliphatic heterocycles. The molecule has 1 unspecified atom stereocenters. The van der Waals surface area contributed by atoms with Crippen LogP contribution in [0.2, 0.25) is 0 Å². The number of anilines is 2. The predicted molar refractivity (Wildman–Crippen MR) is 113 cm³/mol. The van der Waals surface area contributed by atoms with Gasteiger partial charge in [0.1, 0.15) is 17.6 Å². The lowest BCUT2D eigenvalue weighted by Crippen LogP contribution is -2.44. The zero-order valence-corrected chi connectivity index (χ0v) is 16.8. The topological polar surface area (TPSA) is 146 Å². The van der Waals surface area contributed by atoms with E-state index < -0.39 is 23.9 Å². The number of carbonyl (C=O) groups is 3. The van der Waals surface area contributed by atoms with Gasteiger partial charge in [0.15, 0.2) is 0 Å². The van der Waals surface area contributed by atoms with E-state index in [9.17, 15) is 19.5 Å². The van der Waals surface area contributed by atoms with E-state index in [4.69, 9.17) is 4.52 Å². The molecule has 10 nitrogen and oxygen atoms in total. The number of amides is 3. The maximum absolute atomic E-state index is 12.3. The molecule has 0 radical (unpaired) electrons.